The Kier molecular flexibility index (Phi) is 5.23. The van der Waals surface area contributed by atoms with Crippen LogP contribution in [0.1, 0.15) is 29.7 Å². The Morgan fingerprint density at radius 2 is 1.86 bits per heavy atom. The van der Waals surface area contributed by atoms with E-state index in [2.05, 4.69) is 43.4 Å². The molecule has 0 heterocycles. The minimum Gasteiger partial charge on any atom is -0.497 e. The molecule has 0 aromatic heterocycles. The molecule has 2 aromatic carbocycles. The lowest BCUT2D eigenvalue weighted by molar-refractivity contribution is 0.395. The standard InChI is InChI=1S/C18H23NO2/c1-13-6-5-7-15(10-13)14(2)19-12-16-11-17(20-3)8-9-18(16)21-4/h5-11,14,19H,12H2,1-4H3/t14-/m1/s1. The van der Waals surface area contributed by atoms with Gasteiger partial charge in [-0.2, -0.15) is 0 Å². The lowest BCUT2D eigenvalue weighted by atomic mass is 10.1. The molecule has 0 amide bonds. The Bertz CT molecular complexity index is 596. The zero-order chi connectivity index (χ0) is 15.2. The van der Waals surface area contributed by atoms with Gasteiger partial charge in [-0.3, -0.25) is 0 Å². The Morgan fingerprint density at radius 1 is 1.05 bits per heavy atom. The third-order valence-corrected chi connectivity index (χ3v) is 3.63. The van der Waals surface area contributed by atoms with Crippen molar-refractivity contribution < 1.29 is 9.47 Å². The second kappa shape index (κ2) is 7.14. The largest absolute Gasteiger partial charge is 0.497 e. The van der Waals surface area contributed by atoms with Gasteiger partial charge < -0.3 is 14.8 Å². The molecule has 2 aromatic rings. The van der Waals surface area contributed by atoms with Gasteiger partial charge in [0, 0.05) is 18.2 Å². The highest BCUT2D eigenvalue weighted by Gasteiger charge is 2.09. The van der Waals surface area contributed by atoms with Crippen molar-refractivity contribution in [3.8, 4) is 11.5 Å². The predicted molar refractivity (Wildman–Crippen MR) is 86.0 cm³/mol. The molecular formula is C18H23NO2. The first-order chi connectivity index (χ1) is 10.1. The lowest BCUT2D eigenvalue weighted by Gasteiger charge is -2.17. The second-order valence-corrected chi connectivity index (χ2v) is 5.19. The molecule has 0 aliphatic heterocycles. The van der Waals surface area contributed by atoms with Crippen molar-refractivity contribution in [2.75, 3.05) is 14.2 Å². The van der Waals surface area contributed by atoms with Gasteiger partial charge in [-0.05, 0) is 37.6 Å². The van der Waals surface area contributed by atoms with Gasteiger partial charge in [0.1, 0.15) is 11.5 Å². The van der Waals surface area contributed by atoms with Crippen LogP contribution in [0, 0.1) is 6.92 Å². The Morgan fingerprint density at radius 3 is 2.52 bits per heavy atom. The highest BCUT2D eigenvalue weighted by atomic mass is 16.5. The van der Waals surface area contributed by atoms with Crippen LogP contribution in [0.25, 0.3) is 0 Å². The van der Waals surface area contributed by atoms with E-state index in [4.69, 9.17) is 9.47 Å². The van der Waals surface area contributed by atoms with Crippen LogP contribution in [0.5, 0.6) is 11.5 Å². The zero-order valence-corrected chi connectivity index (χ0v) is 13.1. The summed E-state index contributed by atoms with van der Waals surface area (Å²) >= 11 is 0. The second-order valence-electron chi connectivity index (χ2n) is 5.19. The number of benzene rings is 2. The molecule has 0 saturated heterocycles. The summed E-state index contributed by atoms with van der Waals surface area (Å²) in [6.07, 6.45) is 0. The van der Waals surface area contributed by atoms with Gasteiger partial charge in [-0.25, -0.2) is 0 Å². The number of rotatable bonds is 6. The molecule has 3 nitrogen and oxygen atoms in total. The fourth-order valence-electron chi connectivity index (χ4n) is 2.34. The highest BCUT2D eigenvalue weighted by Crippen LogP contribution is 2.24. The van der Waals surface area contributed by atoms with Crippen LogP contribution >= 0.6 is 0 Å². The summed E-state index contributed by atoms with van der Waals surface area (Å²) in [6, 6.07) is 14.7. The smallest absolute Gasteiger partial charge is 0.123 e. The summed E-state index contributed by atoms with van der Waals surface area (Å²) in [5.41, 5.74) is 3.66. The van der Waals surface area contributed by atoms with E-state index < -0.39 is 0 Å². The van der Waals surface area contributed by atoms with Gasteiger partial charge in [-0.15, -0.1) is 0 Å². The first-order valence-corrected chi connectivity index (χ1v) is 7.15. The molecule has 21 heavy (non-hydrogen) atoms. The van der Waals surface area contributed by atoms with Crippen molar-refractivity contribution in [1.82, 2.24) is 5.32 Å². The molecule has 0 spiro atoms. The van der Waals surface area contributed by atoms with Crippen molar-refractivity contribution in [2.45, 2.75) is 26.4 Å². The maximum absolute atomic E-state index is 5.41. The van der Waals surface area contributed by atoms with E-state index in [1.807, 2.05) is 18.2 Å². The van der Waals surface area contributed by atoms with Crippen molar-refractivity contribution in [3.63, 3.8) is 0 Å². The molecule has 0 saturated carbocycles. The summed E-state index contributed by atoms with van der Waals surface area (Å²) in [4.78, 5) is 0. The Hall–Kier alpha value is -2.00. The summed E-state index contributed by atoms with van der Waals surface area (Å²) in [5, 5.41) is 3.53. The Labute approximate surface area is 126 Å². The molecule has 0 aliphatic rings. The third-order valence-electron chi connectivity index (χ3n) is 3.63. The molecule has 0 aliphatic carbocycles. The minimum atomic E-state index is 0.279. The fourth-order valence-corrected chi connectivity index (χ4v) is 2.34. The van der Waals surface area contributed by atoms with E-state index in [1.54, 1.807) is 14.2 Å². The van der Waals surface area contributed by atoms with E-state index in [0.29, 0.717) is 0 Å². The number of ether oxygens (including phenoxy) is 2. The van der Waals surface area contributed by atoms with Crippen molar-refractivity contribution in [2.24, 2.45) is 0 Å². The normalized spacial score (nSPS) is 12.0. The SMILES string of the molecule is COc1ccc(OC)c(CN[C@H](C)c2cccc(C)c2)c1. The molecule has 0 radical (unpaired) electrons. The maximum Gasteiger partial charge on any atom is 0.123 e. The van der Waals surface area contributed by atoms with Crippen LogP contribution in [0.2, 0.25) is 0 Å². The van der Waals surface area contributed by atoms with Crippen LogP contribution in [-0.4, -0.2) is 14.2 Å². The van der Waals surface area contributed by atoms with Crippen molar-refractivity contribution in [3.05, 3.63) is 59.2 Å². The van der Waals surface area contributed by atoms with Gasteiger partial charge in [0.2, 0.25) is 0 Å². The van der Waals surface area contributed by atoms with E-state index in [1.165, 1.54) is 11.1 Å². The monoisotopic (exact) mass is 285 g/mol. The third kappa shape index (κ3) is 3.99. The van der Waals surface area contributed by atoms with Crippen LogP contribution in [0.3, 0.4) is 0 Å². The maximum atomic E-state index is 5.41. The first-order valence-electron chi connectivity index (χ1n) is 7.15. The van der Waals surface area contributed by atoms with Crippen molar-refractivity contribution >= 4 is 0 Å². The number of hydrogen-bond donors (Lipinski definition) is 1. The van der Waals surface area contributed by atoms with E-state index in [-0.39, 0.29) is 6.04 Å². The number of aryl methyl sites for hydroxylation is 1. The fraction of sp³-hybridized carbons (Fsp3) is 0.333. The number of hydrogen-bond acceptors (Lipinski definition) is 3. The van der Waals surface area contributed by atoms with Crippen LogP contribution in [0.4, 0.5) is 0 Å². The first kappa shape index (κ1) is 15.4. The van der Waals surface area contributed by atoms with Gasteiger partial charge in [0.15, 0.2) is 0 Å². The summed E-state index contributed by atoms with van der Waals surface area (Å²) in [7, 11) is 3.36. The molecule has 1 atom stereocenters. The summed E-state index contributed by atoms with van der Waals surface area (Å²) in [6.45, 7) is 5.01. The molecule has 0 unspecified atom stereocenters. The van der Waals surface area contributed by atoms with Crippen LogP contribution in [0.15, 0.2) is 42.5 Å². The molecule has 0 bridgehead atoms. The molecule has 1 N–H and O–H groups in total. The number of methoxy groups -OCH3 is 2. The van der Waals surface area contributed by atoms with E-state index in [0.717, 1.165) is 23.6 Å². The van der Waals surface area contributed by atoms with Gasteiger partial charge >= 0.3 is 0 Å². The van der Waals surface area contributed by atoms with Crippen molar-refractivity contribution in [1.29, 1.82) is 0 Å². The zero-order valence-electron chi connectivity index (χ0n) is 13.1. The lowest BCUT2D eigenvalue weighted by Crippen LogP contribution is -2.18. The number of nitrogens with one attached hydrogen (secondary N) is 1. The van der Waals surface area contributed by atoms with E-state index >= 15 is 0 Å². The highest BCUT2D eigenvalue weighted by molar-refractivity contribution is 5.40. The van der Waals surface area contributed by atoms with Gasteiger partial charge in [-0.1, -0.05) is 29.8 Å². The van der Waals surface area contributed by atoms with Crippen LogP contribution < -0.4 is 14.8 Å². The quantitative estimate of drug-likeness (QED) is 0.874. The molecule has 3 heteroatoms. The molecule has 2 rings (SSSR count). The molecular weight excluding hydrogens is 262 g/mol. The predicted octanol–water partition coefficient (Wildman–Crippen LogP) is 3.86. The summed E-state index contributed by atoms with van der Waals surface area (Å²) < 4.78 is 10.7. The molecule has 0 fully saturated rings. The van der Waals surface area contributed by atoms with Gasteiger partial charge in [0.25, 0.3) is 0 Å². The average molecular weight is 285 g/mol. The molecule has 112 valence electrons. The average Bonchev–Trinajstić information content (AvgIpc) is 2.52. The topological polar surface area (TPSA) is 30.5 Å². The van der Waals surface area contributed by atoms with E-state index in [9.17, 15) is 0 Å². The van der Waals surface area contributed by atoms with Crippen LogP contribution in [-0.2, 0) is 6.54 Å². The minimum absolute atomic E-state index is 0.279. The Balaban J connectivity index is 2.08. The summed E-state index contributed by atoms with van der Waals surface area (Å²) in [5.74, 6) is 1.72. The van der Waals surface area contributed by atoms with Gasteiger partial charge in [0.05, 0.1) is 14.2 Å².